The largest absolute Gasteiger partial charge is 0.507 e. The second kappa shape index (κ2) is 5.65. The Bertz CT molecular complexity index is 687. The lowest BCUT2D eigenvalue weighted by molar-refractivity contribution is -0.120. The van der Waals surface area contributed by atoms with Gasteiger partial charge in [-0.15, -0.1) is 0 Å². The second-order valence-corrected chi connectivity index (χ2v) is 3.85. The van der Waals surface area contributed by atoms with Gasteiger partial charge in [0.15, 0.2) is 0 Å². The summed E-state index contributed by atoms with van der Waals surface area (Å²) in [6.45, 7) is 0. The van der Waals surface area contributed by atoms with E-state index >= 15 is 0 Å². The number of fused-ring (bicyclic) bond motifs is 1. The Balaban J connectivity index is 2.30. The van der Waals surface area contributed by atoms with E-state index in [9.17, 15) is 9.90 Å². The van der Waals surface area contributed by atoms with Crippen molar-refractivity contribution in [1.82, 2.24) is 5.43 Å². The molecule has 2 rings (SSSR count). The second-order valence-electron chi connectivity index (χ2n) is 3.85. The average molecular weight is 253 g/mol. The highest BCUT2D eigenvalue weighted by molar-refractivity contribution is 6.02. The van der Waals surface area contributed by atoms with Crippen LogP contribution in [0.5, 0.6) is 5.75 Å². The number of rotatable bonds is 3. The van der Waals surface area contributed by atoms with Crippen molar-refractivity contribution in [1.29, 1.82) is 5.26 Å². The van der Waals surface area contributed by atoms with Gasteiger partial charge in [-0.3, -0.25) is 4.79 Å². The summed E-state index contributed by atoms with van der Waals surface area (Å²) in [6.07, 6.45) is 1.12. The Morgan fingerprint density at radius 2 is 2.16 bits per heavy atom. The SMILES string of the molecule is N#CCC(=O)N/N=C\c1c(O)ccc2ccccc12. The van der Waals surface area contributed by atoms with Crippen LogP contribution in [0.15, 0.2) is 41.5 Å². The van der Waals surface area contributed by atoms with Crippen molar-refractivity contribution in [2.24, 2.45) is 5.10 Å². The van der Waals surface area contributed by atoms with Crippen molar-refractivity contribution < 1.29 is 9.90 Å². The summed E-state index contributed by atoms with van der Waals surface area (Å²) in [5.74, 6) is -0.407. The van der Waals surface area contributed by atoms with Crippen molar-refractivity contribution in [2.75, 3.05) is 0 Å². The third kappa shape index (κ3) is 2.87. The van der Waals surface area contributed by atoms with Gasteiger partial charge < -0.3 is 5.11 Å². The molecule has 0 aliphatic heterocycles. The number of hydrogen-bond donors (Lipinski definition) is 2. The van der Waals surface area contributed by atoms with Crippen molar-refractivity contribution in [3.8, 4) is 11.8 Å². The van der Waals surface area contributed by atoms with Crippen LogP contribution in [0.4, 0.5) is 0 Å². The molecule has 0 aliphatic rings. The van der Waals surface area contributed by atoms with E-state index in [4.69, 9.17) is 5.26 Å². The molecule has 5 heteroatoms. The first-order valence-electron chi connectivity index (χ1n) is 5.62. The quantitative estimate of drug-likeness (QED) is 0.647. The molecule has 2 aromatic rings. The van der Waals surface area contributed by atoms with Gasteiger partial charge >= 0.3 is 0 Å². The van der Waals surface area contributed by atoms with Crippen LogP contribution in [-0.2, 0) is 4.79 Å². The lowest BCUT2D eigenvalue weighted by Crippen LogP contribution is -2.16. The van der Waals surface area contributed by atoms with E-state index in [0.29, 0.717) is 5.56 Å². The maximum absolute atomic E-state index is 11.1. The van der Waals surface area contributed by atoms with Gasteiger partial charge in [0.2, 0.25) is 0 Å². The molecular weight excluding hydrogens is 242 g/mol. The highest BCUT2D eigenvalue weighted by Gasteiger charge is 2.04. The number of benzene rings is 2. The number of carbonyl (C=O) groups excluding carboxylic acids is 1. The summed E-state index contributed by atoms with van der Waals surface area (Å²) in [6, 6.07) is 12.6. The van der Waals surface area contributed by atoms with E-state index in [2.05, 4.69) is 10.5 Å². The van der Waals surface area contributed by atoms with Gasteiger partial charge in [-0.2, -0.15) is 10.4 Å². The molecule has 0 aliphatic carbocycles. The van der Waals surface area contributed by atoms with Crippen LogP contribution in [0.2, 0.25) is 0 Å². The number of nitrogens with zero attached hydrogens (tertiary/aromatic N) is 2. The van der Waals surface area contributed by atoms with E-state index in [0.717, 1.165) is 10.8 Å². The Morgan fingerprint density at radius 3 is 2.95 bits per heavy atom. The van der Waals surface area contributed by atoms with Crippen molar-refractivity contribution in [3.05, 3.63) is 42.0 Å². The highest BCUT2D eigenvalue weighted by Crippen LogP contribution is 2.25. The van der Waals surface area contributed by atoms with Gasteiger partial charge in [0.05, 0.1) is 12.3 Å². The molecule has 0 saturated carbocycles. The number of phenolic OH excluding ortho intramolecular Hbond substituents is 1. The Morgan fingerprint density at radius 1 is 1.37 bits per heavy atom. The molecule has 19 heavy (non-hydrogen) atoms. The number of hydrazone groups is 1. The van der Waals surface area contributed by atoms with E-state index < -0.39 is 5.91 Å². The van der Waals surface area contributed by atoms with Gasteiger partial charge in [-0.05, 0) is 16.8 Å². The zero-order chi connectivity index (χ0) is 13.7. The van der Waals surface area contributed by atoms with Gasteiger partial charge in [0.1, 0.15) is 12.2 Å². The van der Waals surface area contributed by atoms with Crippen molar-refractivity contribution in [3.63, 3.8) is 0 Å². The van der Waals surface area contributed by atoms with Crippen LogP contribution in [-0.4, -0.2) is 17.2 Å². The number of aromatic hydroxyl groups is 1. The fraction of sp³-hybridized carbons (Fsp3) is 0.0714. The Kier molecular flexibility index (Phi) is 3.74. The fourth-order valence-electron chi connectivity index (χ4n) is 1.70. The minimum atomic E-state index is -0.488. The third-order valence-corrected chi connectivity index (χ3v) is 2.57. The minimum absolute atomic E-state index is 0.0805. The summed E-state index contributed by atoms with van der Waals surface area (Å²) in [5, 5.41) is 23.7. The molecule has 2 aromatic carbocycles. The van der Waals surface area contributed by atoms with Crippen LogP contribution in [0.25, 0.3) is 10.8 Å². The van der Waals surface area contributed by atoms with Crippen LogP contribution in [0.1, 0.15) is 12.0 Å². The predicted molar refractivity (Wildman–Crippen MR) is 71.6 cm³/mol. The summed E-state index contributed by atoms with van der Waals surface area (Å²) in [4.78, 5) is 11.1. The van der Waals surface area contributed by atoms with Crippen LogP contribution in [0, 0.1) is 11.3 Å². The molecule has 0 atom stereocenters. The molecular formula is C14H11N3O2. The van der Waals surface area contributed by atoms with Gasteiger partial charge in [-0.1, -0.05) is 30.3 Å². The standard InChI is InChI=1S/C14H11N3O2/c15-8-7-14(19)17-16-9-12-11-4-2-1-3-10(11)5-6-13(12)18/h1-6,9,18H,7H2,(H,17,19)/b16-9-. The first-order chi connectivity index (χ1) is 9.22. The topological polar surface area (TPSA) is 85.5 Å². The number of amides is 1. The molecule has 94 valence electrons. The smallest absolute Gasteiger partial charge is 0.254 e. The minimum Gasteiger partial charge on any atom is -0.507 e. The molecule has 0 radical (unpaired) electrons. The molecule has 0 bridgehead atoms. The normalized spacial score (nSPS) is 10.5. The summed E-state index contributed by atoms with van der Waals surface area (Å²) in [5.41, 5.74) is 2.74. The van der Waals surface area contributed by atoms with Crippen LogP contribution < -0.4 is 5.43 Å². The lowest BCUT2D eigenvalue weighted by Gasteiger charge is -2.04. The number of phenols is 1. The predicted octanol–water partition coefficient (Wildman–Crippen LogP) is 1.91. The number of nitrogens with one attached hydrogen (secondary N) is 1. The van der Waals surface area contributed by atoms with E-state index in [1.165, 1.54) is 6.21 Å². The average Bonchev–Trinajstić information content (AvgIpc) is 2.41. The van der Waals surface area contributed by atoms with E-state index in [1.54, 1.807) is 18.2 Å². The number of carbonyl (C=O) groups is 1. The molecule has 1 amide bonds. The molecule has 0 aromatic heterocycles. The summed E-state index contributed by atoms with van der Waals surface area (Å²) in [7, 11) is 0. The first-order valence-corrected chi connectivity index (χ1v) is 5.62. The molecule has 0 spiro atoms. The van der Waals surface area contributed by atoms with Gasteiger partial charge in [0.25, 0.3) is 5.91 Å². The molecule has 0 unspecified atom stereocenters. The van der Waals surface area contributed by atoms with E-state index in [1.807, 2.05) is 24.3 Å². The van der Waals surface area contributed by atoms with E-state index in [-0.39, 0.29) is 12.2 Å². The molecule has 0 fully saturated rings. The summed E-state index contributed by atoms with van der Waals surface area (Å²) < 4.78 is 0. The van der Waals surface area contributed by atoms with Crippen molar-refractivity contribution >= 4 is 22.9 Å². The lowest BCUT2D eigenvalue weighted by atomic mass is 10.0. The zero-order valence-electron chi connectivity index (χ0n) is 10.00. The van der Waals surface area contributed by atoms with Crippen molar-refractivity contribution in [2.45, 2.75) is 6.42 Å². The first kappa shape index (κ1) is 12.6. The summed E-state index contributed by atoms with van der Waals surface area (Å²) >= 11 is 0. The highest BCUT2D eigenvalue weighted by atomic mass is 16.3. The van der Waals surface area contributed by atoms with Gasteiger partial charge in [-0.25, -0.2) is 5.43 Å². The van der Waals surface area contributed by atoms with Gasteiger partial charge in [0, 0.05) is 5.56 Å². The molecule has 2 N–H and O–H groups in total. The molecule has 0 heterocycles. The molecule has 0 saturated heterocycles. The zero-order valence-corrected chi connectivity index (χ0v) is 10.00. The maximum Gasteiger partial charge on any atom is 0.254 e. The maximum atomic E-state index is 11.1. The monoisotopic (exact) mass is 253 g/mol. The number of nitriles is 1. The van der Waals surface area contributed by atoms with Crippen LogP contribution in [0.3, 0.4) is 0 Å². The Hall–Kier alpha value is -2.87. The molecule has 5 nitrogen and oxygen atoms in total. The van der Waals surface area contributed by atoms with Crippen LogP contribution >= 0.6 is 0 Å². The third-order valence-electron chi connectivity index (χ3n) is 2.57. The number of hydrogen-bond acceptors (Lipinski definition) is 4. The Labute approximate surface area is 109 Å². The fourth-order valence-corrected chi connectivity index (χ4v) is 1.70.